The zero-order valence-electron chi connectivity index (χ0n) is 17.1. The lowest BCUT2D eigenvalue weighted by Crippen LogP contribution is -2.27. The summed E-state index contributed by atoms with van der Waals surface area (Å²) < 4.78 is 48.6. The lowest BCUT2D eigenvalue weighted by atomic mass is 10.1. The van der Waals surface area contributed by atoms with Crippen LogP contribution in [0.4, 0.5) is 19.0 Å². The van der Waals surface area contributed by atoms with Gasteiger partial charge >= 0.3 is 5.97 Å². The molecular formula is C21H19ClF3N3O3. The Balaban J connectivity index is 2.40. The van der Waals surface area contributed by atoms with E-state index in [1.165, 1.54) is 6.07 Å². The average molecular weight is 454 g/mol. The van der Waals surface area contributed by atoms with Gasteiger partial charge in [0.05, 0.1) is 17.5 Å². The summed E-state index contributed by atoms with van der Waals surface area (Å²) in [4.78, 5) is 29.3. The van der Waals surface area contributed by atoms with Gasteiger partial charge in [-0.05, 0) is 45.9 Å². The monoisotopic (exact) mass is 453 g/mol. The molecule has 2 aromatic heterocycles. The number of benzene rings is 1. The third kappa shape index (κ3) is 4.36. The molecule has 1 aromatic carbocycles. The molecule has 0 aliphatic heterocycles. The van der Waals surface area contributed by atoms with E-state index in [9.17, 15) is 22.8 Å². The van der Waals surface area contributed by atoms with Crippen LogP contribution in [-0.4, -0.2) is 27.7 Å². The highest BCUT2D eigenvalue weighted by Gasteiger charge is 2.24. The summed E-state index contributed by atoms with van der Waals surface area (Å²) in [7, 11) is 0. The molecule has 10 heteroatoms. The third-order valence-electron chi connectivity index (χ3n) is 4.19. The van der Waals surface area contributed by atoms with E-state index in [0.29, 0.717) is 6.07 Å². The number of nitrogens with one attached hydrogen (secondary N) is 1. The molecule has 0 atom stereocenters. The number of ether oxygens (including phenoxy) is 1. The second-order valence-electron chi connectivity index (χ2n) is 7.72. The molecular weight excluding hydrogens is 435 g/mol. The maximum absolute atomic E-state index is 14.3. The van der Waals surface area contributed by atoms with Crippen LogP contribution in [0.2, 0.25) is 5.02 Å². The third-order valence-corrected chi connectivity index (χ3v) is 4.54. The first-order valence-corrected chi connectivity index (χ1v) is 9.67. The van der Waals surface area contributed by atoms with E-state index in [1.54, 1.807) is 27.7 Å². The van der Waals surface area contributed by atoms with Crippen LogP contribution in [0.3, 0.4) is 0 Å². The molecule has 0 amide bonds. The molecule has 3 aromatic rings. The van der Waals surface area contributed by atoms with Crippen LogP contribution in [0.15, 0.2) is 29.2 Å². The summed E-state index contributed by atoms with van der Waals surface area (Å²) in [6.07, 6.45) is 1.06. The van der Waals surface area contributed by atoms with Crippen LogP contribution in [0, 0.1) is 17.5 Å². The molecule has 0 fully saturated rings. The Kier molecular flexibility index (Phi) is 6.00. The number of nitrogens with zero attached hydrogens (tertiary/aromatic N) is 2. The summed E-state index contributed by atoms with van der Waals surface area (Å²) in [5.74, 6) is -4.45. The summed E-state index contributed by atoms with van der Waals surface area (Å²) in [6, 6.07) is 3.01. The molecule has 0 spiro atoms. The first kappa shape index (κ1) is 22.6. The standard InChI is InChI=1S/C21H19ClF3N3O3/c1-5-31-20(30)11-9-28(14-7-6-12(23)19(26-14)27-21(2,3)4)17-10(18(11)29)8-13(24)16(25)15(17)22/h6-9H,5H2,1-4H3,(H,26,27). The molecule has 31 heavy (non-hydrogen) atoms. The molecule has 0 aliphatic carbocycles. The summed E-state index contributed by atoms with van der Waals surface area (Å²) >= 11 is 6.02. The van der Waals surface area contributed by atoms with Crippen molar-refractivity contribution >= 4 is 34.3 Å². The van der Waals surface area contributed by atoms with Gasteiger partial charge in [0.1, 0.15) is 16.4 Å². The molecule has 0 bridgehead atoms. The largest absolute Gasteiger partial charge is 0.462 e. The van der Waals surface area contributed by atoms with Crippen molar-refractivity contribution < 1.29 is 22.7 Å². The van der Waals surface area contributed by atoms with Crippen LogP contribution >= 0.6 is 11.6 Å². The van der Waals surface area contributed by atoms with Crippen LogP contribution in [0.25, 0.3) is 16.7 Å². The van der Waals surface area contributed by atoms with Gasteiger partial charge in [-0.15, -0.1) is 0 Å². The van der Waals surface area contributed by atoms with Crippen LogP contribution in [0.5, 0.6) is 0 Å². The fourth-order valence-electron chi connectivity index (χ4n) is 2.94. The van der Waals surface area contributed by atoms with Crippen LogP contribution in [0.1, 0.15) is 38.1 Å². The topological polar surface area (TPSA) is 73.2 Å². The van der Waals surface area contributed by atoms with Crippen molar-refractivity contribution in [3.63, 3.8) is 0 Å². The number of fused-ring (bicyclic) bond motifs is 1. The van der Waals surface area contributed by atoms with E-state index >= 15 is 0 Å². The number of aromatic nitrogens is 2. The van der Waals surface area contributed by atoms with Gasteiger partial charge in [-0.3, -0.25) is 9.36 Å². The highest BCUT2D eigenvalue weighted by Crippen LogP contribution is 2.30. The predicted octanol–water partition coefficient (Wildman–Crippen LogP) is 4.84. The zero-order valence-corrected chi connectivity index (χ0v) is 17.9. The number of esters is 1. The molecule has 3 rings (SSSR count). The van der Waals surface area contributed by atoms with Crippen LogP contribution < -0.4 is 10.7 Å². The Hall–Kier alpha value is -3.07. The van der Waals surface area contributed by atoms with Crippen molar-refractivity contribution in [3.8, 4) is 5.82 Å². The van der Waals surface area contributed by atoms with Gasteiger partial charge in [0.15, 0.2) is 23.3 Å². The smallest absolute Gasteiger partial charge is 0.343 e. The van der Waals surface area contributed by atoms with E-state index in [0.717, 1.165) is 16.8 Å². The first-order chi connectivity index (χ1) is 14.4. The zero-order chi connectivity index (χ0) is 23.1. The van der Waals surface area contributed by atoms with Crippen molar-refractivity contribution in [2.24, 2.45) is 0 Å². The molecule has 0 unspecified atom stereocenters. The van der Waals surface area contributed by atoms with Crippen molar-refractivity contribution in [1.29, 1.82) is 0 Å². The Morgan fingerprint density at radius 1 is 1.23 bits per heavy atom. The van der Waals surface area contributed by atoms with Crippen molar-refractivity contribution in [2.75, 3.05) is 11.9 Å². The minimum atomic E-state index is -1.37. The molecule has 0 saturated carbocycles. The quantitative estimate of drug-likeness (QED) is 0.452. The van der Waals surface area contributed by atoms with Gasteiger partial charge in [0.2, 0.25) is 5.43 Å². The summed E-state index contributed by atoms with van der Waals surface area (Å²) in [5, 5.41) is 1.85. The van der Waals surface area contributed by atoms with Gasteiger partial charge in [-0.25, -0.2) is 22.9 Å². The normalized spacial score (nSPS) is 11.6. The van der Waals surface area contributed by atoms with E-state index < -0.39 is 45.0 Å². The highest BCUT2D eigenvalue weighted by molar-refractivity contribution is 6.35. The van der Waals surface area contributed by atoms with E-state index in [1.807, 2.05) is 0 Å². The van der Waals surface area contributed by atoms with Gasteiger partial charge in [0.25, 0.3) is 0 Å². The lowest BCUT2D eigenvalue weighted by Gasteiger charge is -2.22. The summed E-state index contributed by atoms with van der Waals surface area (Å²) in [5.41, 5.74) is -2.09. The molecule has 0 radical (unpaired) electrons. The molecule has 0 aliphatic rings. The Morgan fingerprint density at radius 3 is 2.52 bits per heavy atom. The minimum absolute atomic E-state index is 0.0106. The first-order valence-electron chi connectivity index (χ1n) is 9.29. The van der Waals surface area contributed by atoms with E-state index in [2.05, 4.69) is 10.3 Å². The number of hydrogen-bond acceptors (Lipinski definition) is 5. The van der Waals surface area contributed by atoms with Gasteiger partial charge in [-0.1, -0.05) is 11.6 Å². The van der Waals surface area contributed by atoms with E-state index in [-0.39, 0.29) is 29.1 Å². The second-order valence-corrected chi connectivity index (χ2v) is 8.10. The second kappa shape index (κ2) is 8.22. The average Bonchev–Trinajstić information content (AvgIpc) is 2.68. The van der Waals surface area contributed by atoms with E-state index in [4.69, 9.17) is 16.3 Å². The summed E-state index contributed by atoms with van der Waals surface area (Å²) in [6.45, 7) is 6.93. The number of pyridine rings is 2. The highest BCUT2D eigenvalue weighted by atomic mass is 35.5. The number of carbonyl (C=O) groups is 1. The molecule has 1 N–H and O–H groups in total. The Labute approximate surface area is 180 Å². The number of anilines is 1. The molecule has 164 valence electrons. The van der Waals surface area contributed by atoms with Gasteiger partial charge in [0, 0.05) is 11.7 Å². The van der Waals surface area contributed by atoms with Gasteiger partial charge < -0.3 is 10.1 Å². The maximum atomic E-state index is 14.3. The Bertz CT molecular complexity index is 1250. The molecule has 0 saturated heterocycles. The maximum Gasteiger partial charge on any atom is 0.343 e. The Morgan fingerprint density at radius 2 is 1.90 bits per heavy atom. The number of hydrogen-bond donors (Lipinski definition) is 1. The number of carbonyl (C=O) groups excluding carboxylic acids is 1. The fraction of sp³-hybridized carbons (Fsp3) is 0.286. The SMILES string of the molecule is CCOC(=O)c1cn(-c2ccc(F)c(NC(C)(C)C)n2)c2c(Cl)c(F)c(F)cc2c1=O. The minimum Gasteiger partial charge on any atom is -0.462 e. The van der Waals surface area contributed by atoms with Crippen molar-refractivity contribution in [3.05, 3.63) is 62.7 Å². The fourth-order valence-corrected chi connectivity index (χ4v) is 3.22. The lowest BCUT2D eigenvalue weighted by molar-refractivity contribution is 0.0524. The van der Waals surface area contributed by atoms with Crippen molar-refractivity contribution in [1.82, 2.24) is 9.55 Å². The molecule has 6 nitrogen and oxygen atoms in total. The van der Waals surface area contributed by atoms with Crippen LogP contribution in [-0.2, 0) is 4.74 Å². The predicted molar refractivity (Wildman–Crippen MR) is 112 cm³/mol. The molecule has 2 heterocycles. The van der Waals surface area contributed by atoms with Crippen molar-refractivity contribution in [2.45, 2.75) is 33.2 Å². The number of halogens is 4. The van der Waals surface area contributed by atoms with Gasteiger partial charge in [-0.2, -0.15) is 0 Å². The number of rotatable bonds is 4.